The van der Waals surface area contributed by atoms with Crippen LogP contribution in [0.4, 0.5) is 13.2 Å². The minimum atomic E-state index is -4.71. The number of nitrogens with one attached hydrogen (secondary N) is 1. The lowest BCUT2D eigenvalue weighted by Gasteiger charge is -2.36. The number of aliphatic hydroxyl groups excluding tert-OH is 1. The standard InChI is InChI=1S/C16H20ClF3N4O2/c1-21-15(22-8-13(25)16(18,19)20)24-7-6-23(14(26)10-24)9-11-2-4-12(17)5-3-11/h2-5,13,25H,6-10H2,1H3,(H,21,22). The van der Waals surface area contributed by atoms with Gasteiger partial charge in [-0.25, -0.2) is 0 Å². The number of rotatable bonds is 4. The van der Waals surface area contributed by atoms with Gasteiger partial charge in [-0.05, 0) is 17.7 Å². The summed E-state index contributed by atoms with van der Waals surface area (Å²) in [7, 11) is 1.41. The van der Waals surface area contributed by atoms with Crippen LogP contribution in [0.5, 0.6) is 0 Å². The van der Waals surface area contributed by atoms with E-state index in [0.29, 0.717) is 24.7 Å². The van der Waals surface area contributed by atoms with E-state index in [4.69, 9.17) is 16.7 Å². The molecule has 0 aromatic heterocycles. The van der Waals surface area contributed by atoms with Gasteiger partial charge in [-0.1, -0.05) is 23.7 Å². The van der Waals surface area contributed by atoms with Crippen LogP contribution >= 0.6 is 11.6 Å². The van der Waals surface area contributed by atoms with Crippen molar-refractivity contribution in [2.75, 3.05) is 33.2 Å². The number of hydrogen-bond donors (Lipinski definition) is 2. The summed E-state index contributed by atoms with van der Waals surface area (Å²) in [5.74, 6) is -0.0155. The van der Waals surface area contributed by atoms with E-state index in [1.165, 1.54) is 7.05 Å². The molecule has 0 bridgehead atoms. The number of piperazine rings is 1. The predicted octanol–water partition coefficient (Wildman–Crippen LogP) is 1.48. The van der Waals surface area contributed by atoms with Crippen LogP contribution in [0.2, 0.25) is 5.02 Å². The van der Waals surface area contributed by atoms with Crippen LogP contribution in [-0.4, -0.2) is 72.3 Å². The van der Waals surface area contributed by atoms with Gasteiger partial charge in [0.2, 0.25) is 5.91 Å². The van der Waals surface area contributed by atoms with E-state index in [9.17, 15) is 18.0 Å². The Morgan fingerprint density at radius 3 is 2.54 bits per heavy atom. The number of halogens is 4. The first-order chi connectivity index (χ1) is 12.2. The molecule has 1 fully saturated rings. The predicted molar refractivity (Wildman–Crippen MR) is 91.9 cm³/mol. The average Bonchev–Trinajstić information content (AvgIpc) is 2.58. The van der Waals surface area contributed by atoms with Crippen LogP contribution < -0.4 is 5.32 Å². The maximum absolute atomic E-state index is 12.4. The van der Waals surface area contributed by atoms with E-state index >= 15 is 0 Å². The number of carbonyl (C=O) groups excluding carboxylic acids is 1. The van der Waals surface area contributed by atoms with Crippen molar-refractivity contribution in [1.82, 2.24) is 15.1 Å². The summed E-state index contributed by atoms with van der Waals surface area (Å²) in [5.41, 5.74) is 0.937. The quantitative estimate of drug-likeness (QED) is 0.601. The fourth-order valence-corrected chi connectivity index (χ4v) is 2.63. The summed E-state index contributed by atoms with van der Waals surface area (Å²) in [5, 5.41) is 12.1. The van der Waals surface area contributed by atoms with Crippen molar-refractivity contribution in [2.24, 2.45) is 4.99 Å². The number of guanidine groups is 1. The summed E-state index contributed by atoms with van der Waals surface area (Å²) in [4.78, 5) is 19.4. The summed E-state index contributed by atoms with van der Waals surface area (Å²) in [6.45, 7) is 0.526. The Balaban J connectivity index is 1.89. The number of carbonyl (C=O) groups is 1. The van der Waals surface area contributed by atoms with Crippen LogP contribution in [0, 0.1) is 0 Å². The minimum Gasteiger partial charge on any atom is -0.382 e. The highest BCUT2D eigenvalue weighted by molar-refractivity contribution is 6.30. The van der Waals surface area contributed by atoms with Crippen LogP contribution in [0.3, 0.4) is 0 Å². The molecule has 1 amide bonds. The summed E-state index contributed by atoms with van der Waals surface area (Å²) in [6.07, 6.45) is -7.21. The van der Waals surface area contributed by atoms with Gasteiger partial charge in [0.15, 0.2) is 12.1 Å². The lowest BCUT2D eigenvalue weighted by molar-refractivity contribution is -0.201. The lowest BCUT2D eigenvalue weighted by Crippen LogP contribution is -2.56. The molecule has 10 heteroatoms. The van der Waals surface area contributed by atoms with Crippen LogP contribution in [0.15, 0.2) is 29.3 Å². The molecule has 2 rings (SSSR count). The van der Waals surface area contributed by atoms with E-state index in [2.05, 4.69) is 10.3 Å². The van der Waals surface area contributed by atoms with Crippen molar-refractivity contribution in [2.45, 2.75) is 18.8 Å². The molecule has 0 aliphatic carbocycles. The number of amides is 1. The van der Waals surface area contributed by atoms with Gasteiger partial charge in [-0.15, -0.1) is 0 Å². The highest BCUT2D eigenvalue weighted by Gasteiger charge is 2.38. The van der Waals surface area contributed by atoms with Gasteiger partial charge in [-0.2, -0.15) is 13.2 Å². The Hall–Kier alpha value is -2.00. The van der Waals surface area contributed by atoms with Crippen molar-refractivity contribution >= 4 is 23.5 Å². The third-order valence-corrected chi connectivity index (χ3v) is 4.20. The lowest BCUT2D eigenvalue weighted by atomic mass is 10.2. The zero-order valence-electron chi connectivity index (χ0n) is 14.1. The number of aliphatic hydroxyl groups is 1. The fraction of sp³-hybridized carbons (Fsp3) is 0.500. The van der Waals surface area contributed by atoms with Crippen molar-refractivity contribution in [3.8, 4) is 0 Å². The Bertz CT molecular complexity index is 652. The molecule has 1 saturated heterocycles. The molecule has 2 N–H and O–H groups in total. The second kappa shape index (κ2) is 8.59. The highest BCUT2D eigenvalue weighted by atomic mass is 35.5. The molecule has 0 spiro atoms. The van der Waals surface area contributed by atoms with E-state index in [-0.39, 0.29) is 18.4 Å². The van der Waals surface area contributed by atoms with Crippen molar-refractivity contribution in [3.63, 3.8) is 0 Å². The van der Waals surface area contributed by atoms with Gasteiger partial charge < -0.3 is 20.2 Å². The summed E-state index contributed by atoms with van der Waals surface area (Å²) in [6, 6.07) is 7.16. The molecule has 1 atom stereocenters. The molecule has 1 unspecified atom stereocenters. The third kappa shape index (κ3) is 5.50. The Morgan fingerprint density at radius 2 is 2.00 bits per heavy atom. The molecule has 0 saturated carbocycles. The molecule has 1 heterocycles. The monoisotopic (exact) mass is 392 g/mol. The Kier molecular flexibility index (Phi) is 6.71. The molecular formula is C16H20ClF3N4O2. The maximum Gasteiger partial charge on any atom is 0.416 e. The second-order valence-electron chi connectivity index (χ2n) is 5.85. The second-order valence-corrected chi connectivity index (χ2v) is 6.29. The van der Waals surface area contributed by atoms with Crippen LogP contribution in [0.1, 0.15) is 5.56 Å². The van der Waals surface area contributed by atoms with E-state index < -0.39 is 18.8 Å². The first-order valence-electron chi connectivity index (χ1n) is 7.93. The topological polar surface area (TPSA) is 68.2 Å². The molecule has 1 aromatic carbocycles. The van der Waals surface area contributed by atoms with E-state index in [0.717, 1.165) is 5.56 Å². The number of hydrogen-bond acceptors (Lipinski definition) is 3. The first-order valence-corrected chi connectivity index (χ1v) is 8.31. The highest BCUT2D eigenvalue weighted by Crippen LogP contribution is 2.19. The molecule has 1 aliphatic rings. The maximum atomic E-state index is 12.4. The third-order valence-electron chi connectivity index (χ3n) is 3.95. The largest absolute Gasteiger partial charge is 0.416 e. The molecular weight excluding hydrogens is 373 g/mol. The smallest absolute Gasteiger partial charge is 0.382 e. The zero-order valence-corrected chi connectivity index (χ0v) is 14.9. The SMILES string of the molecule is CN=C(NCC(O)C(F)(F)F)N1CCN(Cc2ccc(Cl)cc2)C(=O)C1. The first kappa shape index (κ1) is 20.3. The average molecular weight is 393 g/mol. The number of nitrogens with zero attached hydrogens (tertiary/aromatic N) is 3. The summed E-state index contributed by atoms with van der Waals surface area (Å²) >= 11 is 5.84. The van der Waals surface area contributed by atoms with Gasteiger partial charge in [-0.3, -0.25) is 9.79 Å². The van der Waals surface area contributed by atoms with Crippen molar-refractivity contribution in [3.05, 3.63) is 34.9 Å². The zero-order chi connectivity index (χ0) is 19.3. The summed E-state index contributed by atoms with van der Waals surface area (Å²) < 4.78 is 37.1. The number of alkyl halides is 3. The normalized spacial score (nSPS) is 17.5. The Labute approximate surface area is 154 Å². The van der Waals surface area contributed by atoms with Crippen LogP contribution in [0.25, 0.3) is 0 Å². The van der Waals surface area contributed by atoms with Gasteiger partial charge in [0, 0.05) is 31.7 Å². The fourth-order valence-electron chi connectivity index (χ4n) is 2.50. The molecule has 6 nitrogen and oxygen atoms in total. The van der Waals surface area contributed by atoms with E-state index in [1.807, 2.05) is 12.1 Å². The molecule has 1 aromatic rings. The molecule has 26 heavy (non-hydrogen) atoms. The van der Waals surface area contributed by atoms with Gasteiger partial charge in [0.1, 0.15) is 0 Å². The van der Waals surface area contributed by atoms with Crippen LogP contribution in [-0.2, 0) is 11.3 Å². The number of benzene rings is 1. The number of aliphatic imine (C=N–C) groups is 1. The molecule has 144 valence electrons. The molecule has 0 radical (unpaired) electrons. The van der Waals surface area contributed by atoms with Gasteiger partial charge >= 0.3 is 6.18 Å². The minimum absolute atomic E-state index is 0.00459. The van der Waals surface area contributed by atoms with Gasteiger partial charge in [0.25, 0.3) is 0 Å². The Morgan fingerprint density at radius 1 is 1.35 bits per heavy atom. The van der Waals surface area contributed by atoms with Crippen molar-refractivity contribution in [1.29, 1.82) is 0 Å². The van der Waals surface area contributed by atoms with Gasteiger partial charge in [0.05, 0.1) is 13.1 Å². The van der Waals surface area contributed by atoms with Crippen molar-refractivity contribution < 1.29 is 23.1 Å². The molecule has 1 aliphatic heterocycles. The van der Waals surface area contributed by atoms with E-state index in [1.54, 1.807) is 21.9 Å².